The van der Waals surface area contributed by atoms with Gasteiger partial charge in [0.05, 0.1) is 0 Å². The summed E-state index contributed by atoms with van der Waals surface area (Å²) >= 11 is 0. The van der Waals surface area contributed by atoms with Crippen LogP contribution in [0.15, 0.2) is 12.4 Å². The Morgan fingerprint density at radius 1 is 1.50 bits per heavy atom. The summed E-state index contributed by atoms with van der Waals surface area (Å²) in [6, 6.07) is 1.28. The number of rotatable bonds is 5. The minimum atomic E-state index is -0.508. The van der Waals surface area contributed by atoms with Crippen LogP contribution < -0.4 is 5.32 Å². The molecule has 0 spiro atoms. The van der Waals surface area contributed by atoms with Gasteiger partial charge in [0.25, 0.3) is 0 Å². The average Bonchev–Trinajstić information content (AvgIpc) is 2.17. The van der Waals surface area contributed by atoms with Crippen molar-refractivity contribution in [1.82, 2.24) is 14.9 Å². The molecule has 1 heterocycles. The van der Waals surface area contributed by atoms with Crippen LogP contribution in [0, 0.1) is 5.95 Å². The van der Waals surface area contributed by atoms with E-state index in [1.54, 1.807) is 0 Å². The van der Waals surface area contributed by atoms with Gasteiger partial charge in [-0.2, -0.15) is 4.39 Å². The van der Waals surface area contributed by atoms with E-state index in [0.29, 0.717) is 5.82 Å². The van der Waals surface area contributed by atoms with E-state index in [0.717, 1.165) is 19.6 Å². The van der Waals surface area contributed by atoms with Crippen LogP contribution in [0.4, 0.5) is 10.2 Å². The fraction of sp³-hybridized carbons (Fsp3) is 0.556. The zero-order valence-corrected chi connectivity index (χ0v) is 8.50. The highest BCUT2D eigenvalue weighted by Crippen LogP contribution is 2.01. The summed E-state index contributed by atoms with van der Waals surface area (Å²) < 4.78 is 12.6. The van der Waals surface area contributed by atoms with E-state index in [1.165, 1.54) is 12.4 Å². The van der Waals surface area contributed by atoms with E-state index in [1.807, 2.05) is 7.05 Å². The van der Waals surface area contributed by atoms with Gasteiger partial charge in [0.15, 0.2) is 0 Å². The Morgan fingerprint density at radius 2 is 2.29 bits per heavy atom. The molecule has 14 heavy (non-hydrogen) atoms. The van der Waals surface area contributed by atoms with Crippen molar-refractivity contribution in [2.45, 2.75) is 6.92 Å². The molecule has 0 atom stereocenters. The van der Waals surface area contributed by atoms with E-state index in [-0.39, 0.29) is 0 Å². The molecule has 0 aromatic carbocycles. The van der Waals surface area contributed by atoms with E-state index < -0.39 is 5.95 Å². The molecule has 0 fully saturated rings. The number of likely N-dealkylation sites (N-methyl/N-ethyl adjacent to an activating group) is 1. The molecule has 5 heteroatoms. The van der Waals surface area contributed by atoms with Gasteiger partial charge in [-0.15, -0.1) is 0 Å². The summed E-state index contributed by atoms with van der Waals surface area (Å²) in [6.45, 7) is 4.74. The Labute approximate surface area is 83.2 Å². The first-order valence-electron chi connectivity index (χ1n) is 4.62. The number of hydrogen-bond acceptors (Lipinski definition) is 4. The maximum Gasteiger partial charge on any atom is 0.217 e. The summed E-state index contributed by atoms with van der Waals surface area (Å²) in [7, 11) is 2.03. The third-order valence-electron chi connectivity index (χ3n) is 1.97. The highest BCUT2D eigenvalue weighted by atomic mass is 19.1. The highest BCUT2D eigenvalue weighted by Gasteiger charge is 1.97. The number of anilines is 1. The van der Waals surface area contributed by atoms with Crippen LogP contribution in [0.1, 0.15) is 6.92 Å². The molecule has 1 rings (SSSR count). The number of nitrogens with one attached hydrogen (secondary N) is 1. The van der Waals surface area contributed by atoms with E-state index in [2.05, 4.69) is 27.1 Å². The molecule has 0 aliphatic carbocycles. The fourth-order valence-corrected chi connectivity index (χ4v) is 0.963. The first kappa shape index (κ1) is 10.8. The summed E-state index contributed by atoms with van der Waals surface area (Å²) in [4.78, 5) is 9.41. The largest absolute Gasteiger partial charge is 0.369 e. The summed E-state index contributed by atoms with van der Waals surface area (Å²) in [5.41, 5.74) is 0. The molecule has 0 saturated heterocycles. The third kappa shape index (κ3) is 3.66. The lowest BCUT2D eigenvalue weighted by molar-refractivity contribution is 0.367. The Hall–Kier alpha value is -1.23. The number of aromatic nitrogens is 2. The number of hydrogen-bond donors (Lipinski definition) is 1. The van der Waals surface area contributed by atoms with E-state index >= 15 is 0 Å². The lowest BCUT2D eigenvalue weighted by Gasteiger charge is -2.13. The molecular formula is C9H15FN4. The van der Waals surface area contributed by atoms with Gasteiger partial charge in [-0.1, -0.05) is 6.92 Å². The van der Waals surface area contributed by atoms with Crippen LogP contribution in [0.5, 0.6) is 0 Å². The van der Waals surface area contributed by atoms with Crippen molar-refractivity contribution in [1.29, 1.82) is 0 Å². The van der Waals surface area contributed by atoms with Crippen LogP contribution in [0.2, 0.25) is 0 Å². The molecule has 0 amide bonds. The predicted molar refractivity (Wildman–Crippen MR) is 53.7 cm³/mol. The second kappa shape index (κ2) is 5.49. The van der Waals surface area contributed by atoms with Gasteiger partial charge >= 0.3 is 0 Å². The van der Waals surface area contributed by atoms with Gasteiger partial charge in [-0.25, -0.2) is 9.97 Å². The molecule has 0 aliphatic rings. The molecule has 0 radical (unpaired) electrons. The fourth-order valence-electron chi connectivity index (χ4n) is 0.963. The van der Waals surface area contributed by atoms with Crippen molar-refractivity contribution >= 4 is 5.82 Å². The molecule has 1 aromatic heterocycles. The predicted octanol–water partition coefficient (Wildman–Crippen LogP) is 0.979. The number of halogens is 1. The maximum atomic E-state index is 12.6. The molecular weight excluding hydrogens is 183 g/mol. The van der Waals surface area contributed by atoms with Gasteiger partial charge in [0.1, 0.15) is 12.1 Å². The average molecular weight is 198 g/mol. The van der Waals surface area contributed by atoms with Crippen LogP contribution in [-0.2, 0) is 0 Å². The number of nitrogens with zero attached hydrogens (tertiary/aromatic N) is 3. The quantitative estimate of drug-likeness (QED) is 0.716. The topological polar surface area (TPSA) is 41.0 Å². The highest BCUT2D eigenvalue weighted by molar-refractivity contribution is 5.31. The van der Waals surface area contributed by atoms with Crippen molar-refractivity contribution in [3.63, 3.8) is 0 Å². The van der Waals surface area contributed by atoms with Gasteiger partial charge in [-0.3, -0.25) is 0 Å². The van der Waals surface area contributed by atoms with Crippen LogP contribution in [0.25, 0.3) is 0 Å². The zero-order valence-electron chi connectivity index (χ0n) is 8.50. The van der Waals surface area contributed by atoms with Crippen molar-refractivity contribution in [2.24, 2.45) is 0 Å². The third-order valence-corrected chi connectivity index (χ3v) is 1.97. The second-order valence-electron chi connectivity index (χ2n) is 3.05. The molecule has 1 aromatic rings. The molecule has 0 unspecified atom stereocenters. The van der Waals surface area contributed by atoms with Crippen LogP contribution in [0.3, 0.4) is 0 Å². The monoisotopic (exact) mass is 198 g/mol. The molecule has 0 bridgehead atoms. The normalized spacial score (nSPS) is 10.6. The van der Waals surface area contributed by atoms with Crippen molar-refractivity contribution in [3.05, 3.63) is 18.3 Å². The van der Waals surface area contributed by atoms with Gasteiger partial charge in [0.2, 0.25) is 5.95 Å². The Kier molecular flexibility index (Phi) is 4.25. The maximum absolute atomic E-state index is 12.6. The first-order chi connectivity index (χ1) is 6.72. The SMILES string of the molecule is CCN(C)CCNc1cc(F)ncn1. The van der Waals surface area contributed by atoms with Gasteiger partial charge < -0.3 is 10.2 Å². The van der Waals surface area contributed by atoms with Crippen molar-refractivity contribution in [2.75, 3.05) is 32.0 Å². The second-order valence-corrected chi connectivity index (χ2v) is 3.05. The lowest BCUT2D eigenvalue weighted by atomic mass is 10.5. The summed E-state index contributed by atoms with van der Waals surface area (Å²) in [6.07, 6.45) is 1.21. The van der Waals surface area contributed by atoms with Crippen LogP contribution >= 0.6 is 0 Å². The van der Waals surface area contributed by atoms with Gasteiger partial charge in [-0.05, 0) is 13.6 Å². The molecule has 4 nitrogen and oxygen atoms in total. The summed E-state index contributed by atoms with van der Waals surface area (Å²) in [5.74, 6) is 0.0216. The minimum absolute atomic E-state index is 0.508. The van der Waals surface area contributed by atoms with Crippen LogP contribution in [-0.4, -0.2) is 41.5 Å². The molecule has 1 N–H and O–H groups in total. The van der Waals surface area contributed by atoms with E-state index in [9.17, 15) is 4.39 Å². The standard InChI is InChI=1S/C9H15FN4/c1-3-14(2)5-4-11-9-6-8(10)12-7-13-9/h6-7H,3-5H2,1-2H3,(H,11,12,13). The Morgan fingerprint density at radius 3 is 2.93 bits per heavy atom. The smallest absolute Gasteiger partial charge is 0.217 e. The van der Waals surface area contributed by atoms with E-state index in [4.69, 9.17) is 0 Å². The molecule has 0 aliphatic heterocycles. The Balaban J connectivity index is 2.31. The summed E-state index contributed by atoms with van der Waals surface area (Å²) in [5, 5.41) is 3.02. The molecule has 78 valence electrons. The lowest BCUT2D eigenvalue weighted by Crippen LogP contribution is -2.24. The minimum Gasteiger partial charge on any atom is -0.369 e. The van der Waals surface area contributed by atoms with Crippen molar-refractivity contribution in [3.8, 4) is 0 Å². The van der Waals surface area contributed by atoms with Crippen molar-refractivity contribution < 1.29 is 4.39 Å². The molecule has 0 saturated carbocycles. The van der Waals surface area contributed by atoms with Gasteiger partial charge in [0, 0.05) is 19.2 Å². The Bertz CT molecular complexity index is 279. The first-order valence-corrected chi connectivity index (χ1v) is 4.62. The zero-order chi connectivity index (χ0) is 10.4.